The first-order valence-electron chi connectivity index (χ1n) is 5.51. The maximum absolute atomic E-state index is 10.6. The van der Waals surface area contributed by atoms with Gasteiger partial charge in [0.25, 0.3) is 0 Å². The zero-order chi connectivity index (χ0) is 13.1. The summed E-state index contributed by atoms with van der Waals surface area (Å²) in [6.07, 6.45) is 0.613. The van der Waals surface area contributed by atoms with E-state index in [1.165, 1.54) is 0 Å². The van der Waals surface area contributed by atoms with Crippen LogP contribution in [0.15, 0.2) is 28.7 Å². The Balaban J connectivity index is 2.29. The van der Waals surface area contributed by atoms with Gasteiger partial charge in [0.1, 0.15) is 5.01 Å². The number of rotatable bonds is 4. The molecule has 94 valence electrons. The van der Waals surface area contributed by atoms with Crippen LogP contribution >= 0.6 is 27.3 Å². The van der Waals surface area contributed by atoms with E-state index in [4.69, 9.17) is 5.11 Å². The van der Waals surface area contributed by atoms with Gasteiger partial charge in [-0.15, -0.1) is 11.3 Å². The van der Waals surface area contributed by atoms with E-state index < -0.39 is 5.97 Å². The highest BCUT2D eigenvalue weighted by Gasteiger charge is 2.12. The number of carboxylic acid groups (broad SMARTS) is 1. The number of thiazole rings is 1. The van der Waals surface area contributed by atoms with Crippen molar-refractivity contribution in [3.05, 3.63) is 39.3 Å². The van der Waals surface area contributed by atoms with E-state index in [1.807, 2.05) is 31.2 Å². The van der Waals surface area contributed by atoms with Crippen LogP contribution in [0.3, 0.4) is 0 Å². The number of benzene rings is 1. The van der Waals surface area contributed by atoms with Crippen LogP contribution in [0.4, 0.5) is 0 Å². The molecule has 0 aliphatic heterocycles. The minimum Gasteiger partial charge on any atom is -0.481 e. The molecule has 1 aromatic carbocycles. The van der Waals surface area contributed by atoms with Gasteiger partial charge in [-0.3, -0.25) is 4.79 Å². The standard InChI is InChI=1S/C13H12BrNO2S/c1-8-11(6-7-12(16)17)15-13(18-8)9-4-2-3-5-10(9)14/h2-5H,6-7H2,1H3,(H,16,17). The molecule has 1 N–H and O–H groups in total. The number of aryl methyl sites for hydroxylation is 2. The zero-order valence-corrected chi connectivity index (χ0v) is 12.2. The van der Waals surface area contributed by atoms with Gasteiger partial charge in [-0.2, -0.15) is 0 Å². The summed E-state index contributed by atoms with van der Waals surface area (Å²) in [5.41, 5.74) is 1.93. The molecule has 1 heterocycles. The highest BCUT2D eigenvalue weighted by Crippen LogP contribution is 2.32. The van der Waals surface area contributed by atoms with Gasteiger partial charge >= 0.3 is 5.97 Å². The highest BCUT2D eigenvalue weighted by molar-refractivity contribution is 9.10. The van der Waals surface area contributed by atoms with Crippen molar-refractivity contribution < 1.29 is 9.90 Å². The molecule has 0 unspecified atom stereocenters. The Morgan fingerprint density at radius 1 is 1.44 bits per heavy atom. The van der Waals surface area contributed by atoms with Crippen molar-refractivity contribution in [2.75, 3.05) is 0 Å². The number of nitrogens with zero attached hydrogens (tertiary/aromatic N) is 1. The Hall–Kier alpha value is -1.20. The van der Waals surface area contributed by atoms with Crippen molar-refractivity contribution in [2.45, 2.75) is 19.8 Å². The van der Waals surface area contributed by atoms with Crippen LogP contribution in [0.25, 0.3) is 10.6 Å². The van der Waals surface area contributed by atoms with Crippen molar-refractivity contribution in [1.29, 1.82) is 0 Å². The molecule has 0 spiro atoms. The van der Waals surface area contributed by atoms with Gasteiger partial charge in [0, 0.05) is 21.3 Å². The third-order valence-electron chi connectivity index (χ3n) is 2.57. The first kappa shape index (κ1) is 13.2. The Morgan fingerprint density at radius 2 is 2.17 bits per heavy atom. The Bertz CT molecular complexity index is 580. The van der Waals surface area contributed by atoms with Gasteiger partial charge in [0.05, 0.1) is 12.1 Å². The Morgan fingerprint density at radius 3 is 2.83 bits per heavy atom. The second-order valence-electron chi connectivity index (χ2n) is 3.90. The van der Waals surface area contributed by atoms with Gasteiger partial charge < -0.3 is 5.11 Å². The smallest absolute Gasteiger partial charge is 0.303 e. The lowest BCUT2D eigenvalue weighted by molar-refractivity contribution is -0.136. The van der Waals surface area contributed by atoms with Crippen LogP contribution in [0.1, 0.15) is 17.0 Å². The van der Waals surface area contributed by atoms with Crippen LogP contribution in [0.5, 0.6) is 0 Å². The quantitative estimate of drug-likeness (QED) is 0.927. The summed E-state index contributed by atoms with van der Waals surface area (Å²) in [6, 6.07) is 7.90. The minimum absolute atomic E-state index is 0.125. The summed E-state index contributed by atoms with van der Waals surface area (Å²) in [7, 11) is 0. The summed E-state index contributed by atoms with van der Waals surface area (Å²) in [6.45, 7) is 1.98. The predicted molar refractivity (Wildman–Crippen MR) is 75.9 cm³/mol. The predicted octanol–water partition coefficient (Wildman–Crippen LogP) is 3.90. The van der Waals surface area contributed by atoms with Crippen LogP contribution in [-0.4, -0.2) is 16.1 Å². The fourth-order valence-corrected chi connectivity index (χ4v) is 3.24. The van der Waals surface area contributed by atoms with E-state index in [9.17, 15) is 4.79 Å². The average molecular weight is 326 g/mol. The van der Waals surface area contributed by atoms with Gasteiger partial charge in [0.15, 0.2) is 0 Å². The third kappa shape index (κ3) is 2.97. The molecule has 2 rings (SSSR count). The van der Waals surface area contributed by atoms with E-state index in [0.717, 1.165) is 25.6 Å². The third-order valence-corrected chi connectivity index (χ3v) is 4.31. The lowest BCUT2D eigenvalue weighted by Gasteiger charge is -1.98. The van der Waals surface area contributed by atoms with Crippen molar-refractivity contribution in [2.24, 2.45) is 0 Å². The van der Waals surface area contributed by atoms with Crippen LogP contribution in [0, 0.1) is 6.92 Å². The lowest BCUT2D eigenvalue weighted by atomic mass is 10.2. The van der Waals surface area contributed by atoms with E-state index in [1.54, 1.807) is 11.3 Å². The van der Waals surface area contributed by atoms with Crippen molar-refractivity contribution >= 4 is 33.2 Å². The molecule has 0 aliphatic rings. The first-order chi connectivity index (χ1) is 8.58. The first-order valence-corrected chi connectivity index (χ1v) is 7.12. The highest BCUT2D eigenvalue weighted by atomic mass is 79.9. The molecule has 3 nitrogen and oxygen atoms in total. The van der Waals surface area contributed by atoms with Crippen molar-refractivity contribution in [3.63, 3.8) is 0 Å². The summed E-state index contributed by atoms with van der Waals surface area (Å²) in [5.74, 6) is -0.787. The van der Waals surface area contributed by atoms with Gasteiger partial charge in [-0.25, -0.2) is 4.98 Å². The molecule has 0 amide bonds. The molecule has 0 saturated heterocycles. The van der Waals surface area contributed by atoms with Crippen molar-refractivity contribution in [3.8, 4) is 10.6 Å². The van der Waals surface area contributed by atoms with Gasteiger partial charge in [-0.1, -0.05) is 34.1 Å². The van der Waals surface area contributed by atoms with Gasteiger partial charge in [-0.05, 0) is 13.0 Å². The number of carboxylic acids is 1. The maximum atomic E-state index is 10.6. The second kappa shape index (κ2) is 5.63. The molecule has 1 aromatic heterocycles. The average Bonchev–Trinajstić information content (AvgIpc) is 2.68. The number of hydrogen-bond acceptors (Lipinski definition) is 3. The molecule has 0 aliphatic carbocycles. The second-order valence-corrected chi connectivity index (χ2v) is 5.95. The molecule has 0 bridgehead atoms. The zero-order valence-electron chi connectivity index (χ0n) is 9.81. The molecule has 0 atom stereocenters. The molecule has 0 radical (unpaired) electrons. The number of hydrogen-bond donors (Lipinski definition) is 1. The monoisotopic (exact) mass is 325 g/mol. The molecular formula is C13H12BrNO2S. The normalized spacial score (nSPS) is 10.6. The maximum Gasteiger partial charge on any atom is 0.303 e. The van der Waals surface area contributed by atoms with E-state index in [2.05, 4.69) is 20.9 Å². The van der Waals surface area contributed by atoms with E-state index in [0.29, 0.717) is 6.42 Å². The molecule has 0 saturated carbocycles. The van der Waals surface area contributed by atoms with Crippen LogP contribution < -0.4 is 0 Å². The molecule has 0 fully saturated rings. The number of halogens is 1. The van der Waals surface area contributed by atoms with Crippen molar-refractivity contribution in [1.82, 2.24) is 4.98 Å². The topological polar surface area (TPSA) is 50.2 Å². The largest absolute Gasteiger partial charge is 0.481 e. The molecule has 2 aromatic rings. The fourth-order valence-electron chi connectivity index (χ4n) is 1.64. The number of aliphatic carboxylic acids is 1. The van der Waals surface area contributed by atoms with Gasteiger partial charge in [0.2, 0.25) is 0 Å². The summed E-state index contributed by atoms with van der Waals surface area (Å²) in [5, 5.41) is 9.63. The molecule has 18 heavy (non-hydrogen) atoms. The Labute approximate surface area is 118 Å². The summed E-state index contributed by atoms with van der Waals surface area (Å²) in [4.78, 5) is 16.2. The van der Waals surface area contributed by atoms with Crippen LogP contribution in [0.2, 0.25) is 0 Å². The van der Waals surface area contributed by atoms with E-state index >= 15 is 0 Å². The lowest BCUT2D eigenvalue weighted by Crippen LogP contribution is -1.98. The number of aromatic nitrogens is 1. The minimum atomic E-state index is -0.787. The van der Waals surface area contributed by atoms with Crippen LogP contribution in [-0.2, 0) is 11.2 Å². The summed E-state index contributed by atoms with van der Waals surface area (Å²) < 4.78 is 1.00. The molecule has 5 heteroatoms. The van der Waals surface area contributed by atoms with E-state index in [-0.39, 0.29) is 6.42 Å². The number of carbonyl (C=O) groups is 1. The molecular weight excluding hydrogens is 314 g/mol. The summed E-state index contributed by atoms with van der Waals surface area (Å²) >= 11 is 5.10. The fraction of sp³-hybridized carbons (Fsp3) is 0.231. The SMILES string of the molecule is Cc1sc(-c2ccccc2Br)nc1CCC(=O)O. The Kier molecular flexibility index (Phi) is 4.14.